The van der Waals surface area contributed by atoms with Gasteiger partial charge in [0.2, 0.25) is 5.91 Å². The summed E-state index contributed by atoms with van der Waals surface area (Å²) in [4.78, 5) is 33.7. The fourth-order valence-corrected chi connectivity index (χ4v) is 2.30. The van der Waals surface area contributed by atoms with Crippen molar-refractivity contribution in [2.24, 2.45) is 5.73 Å². The first-order chi connectivity index (χ1) is 9.88. The molecule has 0 aromatic heterocycles. The van der Waals surface area contributed by atoms with Crippen LogP contribution in [0.5, 0.6) is 0 Å². The number of nitrogens with two attached hydrogens (primary N) is 1. The van der Waals surface area contributed by atoms with E-state index >= 15 is 0 Å². The number of anilines is 1. The van der Waals surface area contributed by atoms with Gasteiger partial charge in [-0.15, -0.1) is 0 Å². The summed E-state index contributed by atoms with van der Waals surface area (Å²) in [7, 11) is 0. The Bertz CT molecular complexity index is 604. The van der Waals surface area contributed by atoms with E-state index < -0.39 is 30.0 Å². The number of hydrogen-bond acceptors (Lipinski definition) is 4. The fourth-order valence-electron chi connectivity index (χ4n) is 2.03. The summed E-state index contributed by atoms with van der Waals surface area (Å²) < 4.78 is 5.13. The lowest BCUT2D eigenvalue weighted by Gasteiger charge is -2.12. The van der Waals surface area contributed by atoms with Crippen LogP contribution < -0.4 is 11.1 Å². The first-order valence-electron chi connectivity index (χ1n) is 6.17. The van der Waals surface area contributed by atoms with Crippen molar-refractivity contribution in [3.05, 3.63) is 28.8 Å². The standard InChI is InChI=1S/C13H13ClN2O5/c14-8-5-6(1-2-7(8)11(15)17)16-12(18)9-3-4-10(21-9)13(19)20/h1-2,5,9-10H,3-4H2,(H2,15,17)(H,16,18)(H,19,20)/t9-,10+/m0/s1. The van der Waals surface area contributed by atoms with Crippen molar-refractivity contribution >= 4 is 35.1 Å². The van der Waals surface area contributed by atoms with Crippen molar-refractivity contribution in [2.75, 3.05) is 5.32 Å². The number of rotatable bonds is 4. The van der Waals surface area contributed by atoms with Crippen LogP contribution in [0.3, 0.4) is 0 Å². The smallest absolute Gasteiger partial charge is 0.332 e. The summed E-state index contributed by atoms with van der Waals surface area (Å²) in [6, 6.07) is 4.27. The highest BCUT2D eigenvalue weighted by molar-refractivity contribution is 6.34. The molecule has 2 atom stereocenters. The molecule has 4 N–H and O–H groups in total. The summed E-state index contributed by atoms with van der Waals surface area (Å²) in [6.45, 7) is 0. The van der Waals surface area contributed by atoms with E-state index in [2.05, 4.69) is 5.32 Å². The Hall–Kier alpha value is -2.12. The van der Waals surface area contributed by atoms with Gasteiger partial charge in [0.05, 0.1) is 10.6 Å². The lowest BCUT2D eigenvalue weighted by atomic mass is 10.1. The summed E-state index contributed by atoms with van der Waals surface area (Å²) in [6.07, 6.45) is -1.16. The molecule has 1 fully saturated rings. The van der Waals surface area contributed by atoms with Gasteiger partial charge < -0.3 is 20.9 Å². The van der Waals surface area contributed by atoms with Crippen molar-refractivity contribution in [3.8, 4) is 0 Å². The second-order valence-corrected chi connectivity index (χ2v) is 4.98. The van der Waals surface area contributed by atoms with Gasteiger partial charge in [0.15, 0.2) is 6.10 Å². The maximum atomic E-state index is 11.9. The number of carboxylic acids is 1. The molecular formula is C13H13ClN2O5. The molecule has 0 saturated carbocycles. The summed E-state index contributed by atoms with van der Waals surface area (Å²) >= 11 is 5.87. The maximum absolute atomic E-state index is 11.9. The third-order valence-electron chi connectivity index (χ3n) is 3.09. The Balaban J connectivity index is 2.02. The Morgan fingerprint density at radius 3 is 2.48 bits per heavy atom. The highest BCUT2D eigenvalue weighted by Crippen LogP contribution is 2.24. The van der Waals surface area contributed by atoms with E-state index in [9.17, 15) is 14.4 Å². The van der Waals surface area contributed by atoms with Gasteiger partial charge >= 0.3 is 5.97 Å². The largest absolute Gasteiger partial charge is 0.479 e. The van der Waals surface area contributed by atoms with Gasteiger partial charge in [0.25, 0.3) is 5.91 Å². The van der Waals surface area contributed by atoms with E-state index in [1.165, 1.54) is 18.2 Å². The molecule has 2 amide bonds. The monoisotopic (exact) mass is 312 g/mol. The second-order valence-electron chi connectivity index (χ2n) is 4.58. The molecule has 8 heteroatoms. The number of carboxylic acid groups (broad SMARTS) is 1. The van der Waals surface area contributed by atoms with Crippen LogP contribution in [-0.2, 0) is 14.3 Å². The van der Waals surface area contributed by atoms with E-state index in [0.717, 1.165) is 0 Å². The average Bonchev–Trinajstić information content (AvgIpc) is 2.88. The molecule has 21 heavy (non-hydrogen) atoms. The van der Waals surface area contributed by atoms with Crippen LogP contribution in [0.1, 0.15) is 23.2 Å². The molecule has 7 nitrogen and oxygen atoms in total. The van der Waals surface area contributed by atoms with Crippen LogP contribution in [0.4, 0.5) is 5.69 Å². The van der Waals surface area contributed by atoms with Crippen molar-refractivity contribution in [2.45, 2.75) is 25.0 Å². The second kappa shape index (κ2) is 6.11. The van der Waals surface area contributed by atoms with Crippen molar-refractivity contribution in [1.82, 2.24) is 0 Å². The lowest BCUT2D eigenvalue weighted by molar-refractivity contribution is -0.150. The quantitative estimate of drug-likeness (QED) is 0.766. The zero-order chi connectivity index (χ0) is 15.6. The van der Waals surface area contributed by atoms with Crippen LogP contribution in [-0.4, -0.2) is 35.1 Å². The molecule has 1 saturated heterocycles. The minimum atomic E-state index is -1.08. The number of aliphatic carboxylic acids is 1. The normalized spacial score (nSPS) is 21.0. The summed E-state index contributed by atoms with van der Waals surface area (Å²) in [5.41, 5.74) is 5.65. The molecule has 2 rings (SSSR count). The minimum Gasteiger partial charge on any atom is -0.479 e. The highest BCUT2D eigenvalue weighted by Gasteiger charge is 2.34. The Labute approximate surface area is 125 Å². The van der Waals surface area contributed by atoms with Crippen LogP contribution in [0.15, 0.2) is 18.2 Å². The summed E-state index contributed by atoms with van der Waals surface area (Å²) in [5.74, 6) is -2.21. The van der Waals surface area contributed by atoms with E-state index in [4.69, 9.17) is 27.2 Å². The number of halogens is 1. The minimum absolute atomic E-state index is 0.121. The number of primary amides is 1. The predicted octanol–water partition coefficient (Wildman–Crippen LogP) is 1.01. The van der Waals surface area contributed by atoms with E-state index in [1.807, 2.05) is 0 Å². The SMILES string of the molecule is NC(=O)c1ccc(NC(=O)[C@@H]2CC[C@H](C(=O)O)O2)cc1Cl. The first-order valence-corrected chi connectivity index (χ1v) is 6.54. The Kier molecular flexibility index (Phi) is 4.44. The molecule has 1 aliphatic rings. The van der Waals surface area contributed by atoms with Gasteiger partial charge in [0, 0.05) is 5.69 Å². The summed E-state index contributed by atoms with van der Waals surface area (Å²) in [5, 5.41) is 11.5. The number of ether oxygens (including phenoxy) is 1. The molecule has 112 valence electrons. The van der Waals surface area contributed by atoms with Crippen LogP contribution in [0.2, 0.25) is 5.02 Å². The third kappa shape index (κ3) is 3.50. The molecule has 1 aromatic rings. The highest BCUT2D eigenvalue weighted by atomic mass is 35.5. The third-order valence-corrected chi connectivity index (χ3v) is 3.40. The van der Waals surface area contributed by atoms with Gasteiger partial charge in [-0.05, 0) is 31.0 Å². The maximum Gasteiger partial charge on any atom is 0.332 e. The number of hydrogen-bond donors (Lipinski definition) is 3. The molecule has 0 radical (unpaired) electrons. The lowest BCUT2D eigenvalue weighted by Crippen LogP contribution is -2.30. The molecule has 0 bridgehead atoms. The topological polar surface area (TPSA) is 119 Å². The molecule has 0 spiro atoms. The Morgan fingerprint density at radius 2 is 1.95 bits per heavy atom. The molecular weight excluding hydrogens is 300 g/mol. The molecule has 0 unspecified atom stereocenters. The van der Waals surface area contributed by atoms with E-state index in [0.29, 0.717) is 12.1 Å². The van der Waals surface area contributed by atoms with Crippen LogP contribution in [0.25, 0.3) is 0 Å². The fraction of sp³-hybridized carbons (Fsp3) is 0.308. The van der Waals surface area contributed by atoms with Gasteiger partial charge in [-0.25, -0.2) is 4.79 Å². The van der Waals surface area contributed by atoms with Crippen molar-refractivity contribution < 1.29 is 24.2 Å². The van der Waals surface area contributed by atoms with Crippen molar-refractivity contribution in [3.63, 3.8) is 0 Å². The zero-order valence-corrected chi connectivity index (χ0v) is 11.6. The van der Waals surface area contributed by atoms with E-state index in [-0.39, 0.29) is 17.0 Å². The molecule has 1 aliphatic heterocycles. The number of amides is 2. The van der Waals surface area contributed by atoms with Gasteiger partial charge in [-0.3, -0.25) is 9.59 Å². The number of carbonyl (C=O) groups is 3. The van der Waals surface area contributed by atoms with E-state index in [1.54, 1.807) is 0 Å². The molecule has 0 aliphatic carbocycles. The first kappa shape index (κ1) is 15.3. The van der Waals surface area contributed by atoms with Gasteiger partial charge in [0.1, 0.15) is 6.10 Å². The number of nitrogens with one attached hydrogen (secondary N) is 1. The number of benzene rings is 1. The molecule has 1 aromatic carbocycles. The van der Waals surface area contributed by atoms with Crippen LogP contribution in [0, 0.1) is 0 Å². The zero-order valence-electron chi connectivity index (χ0n) is 10.8. The number of carbonyl (C=O) groups excluding carboxylic acids is 2. The van der Waals surface area contributed by atoms with Crippen molar-refractivity contribution in [1.29, 1.82) is 0 Å². The average molecular weight is 313 g/mol. The van der Waals surface area contributed by atoms with Crippen LogP contribution >= 0.6 is 11.6 Å². The predicted molar refractivity (Wildman–Crippen MR) is 74.1 cm³/mol. The van der Waals surface area contributed by atoms with Gasteiger partial charge in [-0.2, -0.15) is 0 Å². The molecule has 1 heterocycles. The van der Waals surface area contributed by atoms with Gasteiger partial charge in [-0.1, -0.05) is 11.6 Å². The Morgan fingerprint density at radius 1 is 1.29 bits per heavy atom.